The molecule has 8 heteroatoms. The maximum absolute atomic E-state index is 12.1. The van der Waals surface area contributed by atoms with Crippen LogP contribution < -0.4 is 20.1 Å². The molecule has 128 valence electrons. The number of alkyl halides is 2. The zero-order chi connectivity index (χ0) is 17.5. The first-order valence-corrected chi connectivity index (χ1v) is 7.28. The number of halogens is 3. The number of ether oxygens (including phenoxy) is 2. The lowest BCUT2D eigenvalue weighted by atomic mass is 10.3. The summed E-state index contributed by atoms with van der Waals surface area (Å²) in [5.41, 5.74) is 1.13. The maximum Gasteiger partial charge on any atom is 0.387 e. The highest BCUT2D eigenvalue weighted by Gasteiger charge is 2.07. The van der Waals surface area contributed by atoms with Crippen molar-refractivity contribution in [2.75, 3.05) is 24.3 Å². The van der Waals surface area contributed by atoms with Crippen LogP contribution in [0.25, 0.3) is 0 Å². The Morgan fingerprint density at radius 1 is 1.17 bits per heavy atom. The smallest absolute Gasteiger partial charge is 0.387 e. The Bertz CT molecular complexity index is 696. The van der Waals surface area contributed by atoms with E-state index in [9.17, 15) is 13.6 Å². The Hall–Kier alpha value is -2.54. The average molecular weight is 357 g/mol. The zero-order valence-electron chi connectivity index (χ0n) is 12.7. The van der Waals surface area contributed by atoms with Gasteiger partial charge in [0, 0.05) is 11.4 Å². The minimum atomic E-state index is -2.87. The number of methoxy groups -OCH3 is 1. The van der Waals surface area contributed by atoms with Gasteiger partial charge >= 0.3 is 6.61 Å². The van der Waals surface area contributed by atoms with Gasteiger partial charge in [0.2, 0.25) is 5.91 Å². The molecular formula is C16H15ClF2N2O3. The molecule has 2 N–H and O–H groups in total. The van der Waals surface area contributed by atoms with E-state index in [2.05, 4.69) is 15.4 Å². The van der Waals surface area contributed by atoms with Gasteiger partial charge in [-0.05, 0) is 42.5 Å². The summed E-state index contributed by atoms with van der Waals surface area (Å²) in [7, 11) is 1.50. The summed E-state index contributed by atoms with van der Waals surface area (Å²) in [4.78, 5) is 11.9. The van der Waals surface area contributed by atoms with Crippen LogP contribution in [-0.4, -0.2) is 26.2 Å². The molecule has 0 unspecified atom stereocenters. The normalized spacial score (nSPS) is 10.4. The number of hydrogen-bond acceptors (Lipinski definition) is 4. The predicted octanol–water partition coefficient (Wildman–Crippen LogP) is 4.00. The first kappa shape index (κ1) is 17.8. The topological polar surface area (TPSA) is 59.6 Å². The summed E-state index contributed by atoms with van der Waals surface area (Å²) in [5, 5.41) is 5.93. The molecule has 2 aromatic rings. The lowest BCUT2D eigenvalue weighted by Crippen LogP contribution is -2.21. The van der Waals surface area contributed by atoms with Gasteiger partial charge in [-0.15, -0.1) is 0 Å². The molecule has 0 fully saturated rings. The van der Waals surface area contributed by atoms with E-state index in [1.807, 2.05) is 0 Å². The van der Waals surface area contributed by atoms with Crippen molar-refractivity contribution in [3.8, 4) is 11.5 Å². The van der Waals surface area contributed by atoms with Gasteiger partial charge in [-0.3, -0.25) is 4.79 Å². The van der Waals surface area contributed by atoms with Crippen LogP contribution >= 0.6 is 11.6 Å². The highest BCUT2D eigenvalue weighted by molar-refractivity contribution is 6.32. The van der Waals surface area contributed by atoms with Crippen molar-refractivity contribution in [3.05, 3.63) is 47.5 Å². The van der Waals surface area contributed by atoms with Crippen LogP contribution in [0.15, 0.2) is 42.5 Å². The Balaban J connectivity index is 1.85. The number of carbonyl (C=O) groups excluding carboxylic acids is 1. The molecule has 0 atom stereocenters. The number of carbonyl (C=O) groups is 1. The third-order valence-electron chi connectivity index (χ3n) is 2.97. The van der Waals surface area contributed by atoms with Gasteiger partial charge in [0.15, 0.2) is 0 Å². The largest absolute Gasteiger partial charge is 0.495 e. The van der Waals surface area contributed by atoms with Crippen molar-refractivity contribution in [1.82, 2.24) is 0 Å². The molecular weight excluding hydrogens is 342 g/mol. The fourth-order valence-electron chi connectivity index (χ4n) is 1.89. The van der Waals surface area contributed by atoms with Gasteiger partial charge in [-0.2, -0.15) is 8.78 Å². The molecule has 0 aliphatic carbocycles. The first-order chi connectivity index (χ1) is 11.5. The number of anilines is 2. The van der Waals surface area contributed by atoms with Crippen LogP contribution in [0.2, 0.25) is 5.02 Å². The van der Waals surface area contributed by atoms with Gasteiger partial charge in [0.1, 0.15) is 11.5 Å². The van der Waals surface area contributed by atoms with Gasteiger partial charge < -0.3 is 20.1 Å². The number of hydrogen-bond donors (Lipinski definition) is 2. The van der Waals surface area contributed by atoms with Crippen LogP contribution in [0.1, 0.15) is 0 Å². The Kier molecular flexibility index (Phi) is 6.20. The van der Waals surface area contributed by atoms with Crippen LogP contribution in [0.4, 0.5) is 20.2 Å². The van der Waals surface area contributed by atoms with Crippen molar-refractivity contribution in [1.29, 1.82) is 0 Å². The van der Waals surface area contributed by atoms with Crippen molar-refractivity contribution in [2.45, 2.75) is 6.61 Å². The minimum absolute atomic E-state index is 0.00129. The van der Waals surface area contributed by atoms with E-state index in [4.69, 9.17) is 16.3 Å². The summed E-state index contributed by atoms with van der Waals surface area (Å²) in [6.45, 7) is -2.87. The lowest BCUT2D eigenvalue weighted by Gasteiger charge is -2.10. The fourth-order valence-corrected chi connectivity index (χ4v) is 2.14. The van der Waals surface area contributed by atoms with Crippen LogP contribution in [0.5, 0.6) is 11.5 Å². The lowest BCUT2D eigenvalue weighted by molar-refractivity contribution is -0.114. The molecule has 0 radical (unpaired) electrons. The highest BCUT2D eigenvalue weighted by Crippen LogP contribution is 2.27. The van der Waals surface area contributed by atoms with E-state index in [-0.39, 0.29) is 18.2 Å². The van der Waals surface area contributed by atoms with E-state index in [0.717, 1.165) is 0 Å². The van der Waals surface area contributed by atoms with Crippen molar-refractivity contribution >= 4 is 28.9 Å². The van der Waals surface area contributed by atoms with Gasteiger partial charge in [-0.25, -0.2) is 0 Å². The Morgan fingerprint density at radius 3 is 2.42 bits per heavy atom. The average Bonchev–Trinajstić information content (AvgIpc) is 2.54. The molecule has 0 aliphatic heterocycles. The second kappa shape index (κ2) is 8.35. The molecule has 0 saturated heterocycles. The molecule has 5 nitrogen and oxygen atoms in total. The molecule has 24 heavy (non-hydrogen) atoms. The van der Waals surface area contributed by atoms with Crippen LogP contribution in [0.3, 0.4) is 0 Å². The SMILES string of the molecule is COc1ccc(NC(=O)CNc2ccc(OC(F)F)cc2)cc1Cl. The molecule has 0 aromatic heterocycles. The van der Waals surface area contributed by atoms with E-state index >= 15 is 0 Å². The monoisotopic (exact) mass is 356 g/mol. The fraction of sp³-hybridized carbons (Fsp3) is 0.188. The summed E-state index contributed by atoms with van der Waals surface area (Å²) >= 11 is 5.98. The van der Waals surface area contributed by atoms with Crippen molar-refractivity contribution in [3.63, 3.8) is 0 Å². The van der Waals surface area contributed by atoms with Gasteiger partial charge in [0.25, 0.3) is 0 Å². The molecule has 0 spiro atoms. The Labute approximate surface area is 142 Å². The Morgan fingerprint density at radius 2 is 1.83 bits per heavy atom. The molecule has 1 amide bonds. The van der Waals surface area contributed by atoms with Crippen molar-refractivity contribution < 1.29 is 23.0 Å². The molecule has 0 saturated carbocycles. The molecule has 0 heterocycles. The summed E-state index contributed by atoms with van der Waals surface area (Å²) < 4.78 is 33.4. The third kappa shape index (κ3) is 5.27. The molecule has 0 bridgehead atoms. The second-order valence-electron chi connectivity index (χ2n) is 4.65. The van der Waals surface area contributed by atoms with E-state index in [1.165, 1.54) is 31.4 Å². The first-order valence-electron chi connectivity index (χ1n) is 6.90. The zero-order valence-corrected chi connectivity index (χ0v) is 13.4. The van der Waals surface area contributed by atoms with E-state index in [0.29, 0.717) is 22.1 Å². The highest BCUT2D eigenvalue weighted by atomic mass is 35.5. The second-order valence-corrected chi connectivity index (χ2v) is 5.06. The van der Waals surface area contributed by atoms with Crippen molar-refractivity contribution in [2.24, 2.45) is 0 Å². The predicted molar refractivity (Wildman–Crippen MR) is 88.2 cm³/mol. The van der Waals surface area contributed by atoms with Gasteiger partial charge in [0.05, 0.1) is 18.7 Å². The molecule has 0 aliphatic rings. The quantitative estimate of drug-likeness (QED) is 0.787. The third-order valence-corrected chi connectivity index (χ3v) is 3.26. The summed E-state index contributed by atoms with van der Waals surface area (Å²) in [5.74, 6) is 0.274. The maximum atomic E-state index is 12.1. The van der Waals surface area contributed by atoms with Crippen LogP contribution in [-0.2, 0) is 4.79 Å². The molecule has 2 rings (SSSR count). The van der Waals surface area contributed by atoms with E-state index in [1.54, 1.807) is 18.2 Å². The summed E-state index contributed by atoms with van der Waals surface area (Å²) in [6.07, 6.45) is 0. The van der Waals surface area contributed by atoms with Gasteiger partial charge in [-0.1, -0.05) is 11.6 Å². The molecule has 2 aromatic carbocycles. The minimum Gasteiger partial charge on any atom is -0.495 e. The standard InChI is InChI=1S/C16H15ClF2N2O3/c1-23-14-7-4-11(8-13(14)17)21-15(22)9-20-10-2-5-12(6-3-10)24-16(18)19/h2-8,16,20H,9H2,1H3,(H,21,22). The van der Waals surface area contributed by atoms with E-state index < -0.39 is 6.61 Å². The number of benzene rings is 2. The number of amides is 1. The summed E-state index contributed by atoms with van der Waals surface area (Å²) in [6, 6.07) is 10.7. The number of rotatable bonds is 7. The van der Waals surface area contributed by atoms with Crippen LogP contribution in [0, 0.1) is 0 Å². The number of nitrogens with one attached hydrogen (secondary N) is 2.